The molecular formula is C35H27F10NO5. The number of hydrogen-bond acceptors (Lipinski definition) is 5. The van der Waals surface area contributed by atoms with Crippen molar-refractivity contribution in [1.82, 2.24) is 5.32 Å². The number of amides is 1. The molecule has 0 spiro atoms. The number of halogens is 10. The first kappa shape index (κ1) is 38.5. The van der Waals surface area contributed by atoms with Crippen molar-refractivity contribution in [1.29, 1.82) is 0 Å². The fraction of sp³-hybridized carbons (Fsp3) is 0.257. The summed E-state index contributed by atoms with van der Waals surface area (Å²) in [4.78, 5) is 25.9. The number of rotatable bonds is 12. The summed E-state index contributed by atoms with van der Waals surface area (Å²) in [5.41, 5.74) is -5.34. The van der Waals surface area contributed by atoms with Gasteiger partial charge in [-0.05, 0) is 85.1 Å². The Bertz CT molecular complexity index is 1900. The second kappa shape index (κ2) is 14.9. The molecule has 272 valence electrons. The molecule has 0 aliphatic carbocycles. The number of carbonyl (C=O) groups excluding carboxylic acids is 2. The quantitative estimate of drug-likeness (QED) is 0.117. The summed E-state index contributed by atoms with van der Waals surface area (Å²) in [6.45, 7) is 3.08. The average molecular weight is 732 g/mol. The van der Waals surface area contributed by atoms with Crippen LogP contribution in [0.5, 0.6) is 11.5 Å². The zero-order valence-corrected chi connectivity index (χ0v) is 26.7. The van der Waals surface area contributed by atoms with Crippen LogP contribution >= 0.6 is 0 Å². The van der Waals surface area contributed by atoms with Crippen LogP contribution in [-0.2, 0) is 22.9 Å². The summed E-state index contributed by atoms with van der Waals surface area (Å²) >= 11 is 0. The van der Waals surface area contributed by atoms with Gasteiger partial charge in [0.2, 0.25) is 0 Å². The number of methoxy groups -OCH3 is 1. The first-order valence-electron chi connectivity index (χ1n) is 14.7. The maximum absolute atomic E-state index is 15.2. The highest BCUT2D eigenvalue weighted by Crippen LogP contribution is 2.40. The highest BCUT2D eigenvalue weighted by Gasteiger charge is 2.45. The first-order valence-corrected chi connectivity index (χ1v) is 14.7. The molecule has 0 unspecified atom stereocenters. The molecule has 1 amide bonds. The van der Waals surface area contributed by atoms with E-state index in [1.54, 1.807) is 0 Å². The van der Waals surface area contributed by atoms with Crippen LogP contribution in [0.1, 0.15) is 56.8 Å². The Morgan fingerprint density at radius 1 is 0.765 bits per heavy atom. The minimum Gasteiger partial charge on any atom is -0.488 e. The van der Waals surface area contributed by atoms with Gasteiger partial charge in [0.05, 0.1) is 29.9 Å². The number of carbonyl (C=O) groups is 2. The molecular weight excluding hydrogens is 704 g/mol. The van der Waals surface area contributed by atoms with Gasteiger partial charge in [0.15, 0.2) is 11.6 Å². The second-order valence-corrected chi connectivity index (χ2v) is 11.4. The number of hydrogen-bond donors (Lipinski definition) is 1. The lowest BCUT2D eigenvalue weighted by Gasteiger charge is -2.37. The van der Waals surface area contributed by atoms with E-state index in [0.717, 1.165) is 25.3 Å². The average Bonchev–Trinajstić information content (AvgIpc) is 3.04. The van der Waals surface area contributed by atoms with E-state index in [1.165, 1.54) is 38.1 Å². The molecule has 4 aromatic rings. The molecule has 0 bridgehead atoms. The van der Waals surface area contributed by atoms with Gasteiger partial charge in [-0.1, -0.05) is 18.2 Å². The van der Waals surface area contributed by atoms with Crippen molar-refractivity contribution in [3.05, 3.63) is 130 Å². The standard InChI is InChI=1S/C35H27F10NO5/c1-18(2)50-29-15-22(9-11-28(29)38)33(17-19-4-6-20(7-5-19)31(48)49-3,23-13-24(36)16-25(14-23)51-35(44,45)32(39)40)46-30(47)21-8-10-27(37)26(12-21)34(41,42)43/h4-16,18,32H,17H2,1-3H3,(H,46,47)/t33-/m0/s1. The first-order chi connectivity index (χ1) is 23.7. The molecule has 1 N–H and O–H groups in total. The number of nitrogens with one attached hydrogen (secondary N) is 1. The van der Waals surface area contributed by atoms with Crippen LogP contribution in [-0.4, -0.2) is 37.6 Å². The maximum Gasteiger partial charge on any atom is 0.461 e. The summed E-state index contributed by atoms with van der Waals surface area (Å²) in [6.07, 6.45) is -15.9. The Morgan fingerprint density at radius 2 is 1.39 bits per heavy atom. The van der Waals surface area contributed by atoms with Gasteiger partial charge in [-0.2, -0.15) is 30.7 Å². The van der Waals surface area contributed by atoms with Crippen molar-refractivity contribution in [3.8, 4) is 11.5 Å². The maximum atomic E-state index is 15.2. The van der Waals surface area contributed by atoms with Crippen LogP contribution in [0, 0.1) is 17.5 Å². The van der Waals surface area contributed by atoms with Gasteiger partial charge in [-0.3, -0.25) is 4.79 Å². The minimum atomic E-state index is -5.25. The smallest absolute Gasteiger partial charge is 0.461 e. The Labute approximate surface area is 283 Å². The summed E-state index contributed by atoms with van der Waals surface area (Å²) in [5, 5.41) is 2.46. The van der Waals surface area contributed by atoms with Crippen molar-refractivity contribution in [3.63, 3.8) is 0 Å². The van der Waals surface area contributed by atoms with Crippen molar-refractivity contribution in [2.45, 2.75) is 50.6 Å². The third-order valence-electron chi connectivity index (χ3n) is 7.36. The van der Waals surface area contributed by atoms with E-state index in [4.69, 9.17) is 4.74 Å². The molecule has 1 atom stereocenters. The number of ether oxygens (including phenoxy) is 3. The van der Waals surface area contributed by atoms with Crippen LogP contribution < -0.4 is 14.8 Å². The topological polar surface area (TPSA) is 73.9 Å². The highest BCUT2D eigenvalue weighted by atomic mass is 19.4. The number of alkyl halides is 7. The Morgan fingerprint density at radius 3 is 1.98 bits per heavy atom. The molecule has 16 heteroatoms. The largest absolute Gasteiger partial charge is 0.488 e. The number of benzene rings is 4. The molecule has 0 heterocycles. The zero-order chi connectivity index (χ0) is 37.9. The lowest BCUT2D eigenvalue weighted by atomic mass is 9.77. The molecule has 4 aromatic carbocycles. The fourth-order valence-corrected chi connectivity index (χ4v) is 5.07. The second-order valence-electron chi connectivity index (χ2n) is 11.4. The molecule has 0 aromatic heterocycles. The van der Waals surface area contributed by atoms with Crippen molar-refractivity contribution >= 4 is 11.9 Å². The molecule has 0 aliphatic heterocycles. The highest BCUT2D eigenvalue weighted by molar-refractivity contribution is 5.95. The summed E-state index contributed by atoms with van der Waals surface area (Å²) in [7, 11) is 1.11. The van der Waals surface area contributed by atoms with E-state index in [-0.39, 0.29) is 22.8 Å². The molecule has 6 nitrogen and oxygen atoms in total. The minimum absolute atomic E-state index is 0.0481. The molecule has 0 saturated carbocycles. The Kier molecular flexibility index (Phi) is 11.3. The van der Waals surface area contributed by atoms with Gasteiger partial charge in [0, 0.05) is 18.1 Å². The Hall–Kier alpha value is -5.28. The monoisotopic (exact) mass is 731 g/mol. The van der Waals surface area contributed by atoms with Crippen LogP contribution in [0.4, 0.5) is 43.9 Å². The van der Waals surface area contributed by atoms with Gasteiger partial charge in [0.25, 0.3) is 5.91 Å². The van der Waals surface area contributed by atoms with Gasteiger partial charge in [-0.15, -0.1) is 0 Å². The van der Waals surface area contributed by atoms with E-state index in [0.29, 0.717) is 30.3 Å². The summed E-state index contributed by atoms with van der Waals surface area (Å²) in [5.74, 6) is -7.68. The third-order valence-corrected chi connectivity index (χ3v) is 7.36. The normalized spacial score (nSPS) is 13.2. The fourth-order valence-electron chi connectivity index (χ4n) is 5.07. The lowest BCUT2D eigenvalue weighted by Crippen LogP contribution is -2.49. The van der Waals surface area contributed by atoms with E-state index < -0.39 is 94.3 Å². The lowest BCUT2D eigenvalue weighted by molar-refractivity contribution is -0.253. The van der Waals surface area contributed by atoms with E-state index in [2.05, 4.69) is 14.8 Å². The van der Waals surface area contributed by atoms with Gasteiger partial charge in [0.1, 0.15) is 17.4 Å². The van der Waals surface area contributed by atoms with Gasteiger partial charge >= 0.3 is 24.7 Å². The SMILES string of the molecule is COC(=O)c1ccc(C[C@@](NC(=O)c2ccc(F)c(C(F)(F)F)c2)(c2cc(F)cc(OC(F)(F)C(F)F)c2)c2ccc(F)c(OC(C)C)c2)cc1. The Balaban J connectivity index is 2.04. The van der Waals surface area contributed by atoms with Crippen molar-refractivity contribution in [2.75, 3.05) is 7.11 Å². The van der Waals surface area contributed by atoms with Gasteiger partial charge in [-0.25, -0.2) is 18.0 Å². The summed E-state index contributed by atoms with van der Waals surface area (Å²) < 4.78 is 154. The molecule has 0 aliphatic rings. The van der Waals surface area contributed by atoms with Crippen LogP contribution in [0.15, 0.2) is 78.9 Å². The predicted molar refractivity (Wildman–Crippen MR) is 161 cm³/mol. The molecule has 0 fully saturated rings. The third kappa shape index (κ3) is 8.91. The van der Waals surface area contributed by atoms with Crippen LogP contribution in [0.2, 0.25) is 0 Å². The molecule has 0 radical (unpaired) electrons. The predicted octanol–water partition coefficient (Wildman–Crippen LogP) is 8.85. The molecule has 51 heavy (non-hydrogen) atoms. The van der Waals surface area contributed by atoms with E-state index >= 15 is 4.39 Å². The van der Waals surface area contributed by atoms with E-state index in [1.807, 2.05) is 0 Å². The van der Waals surface area contributed by atoms with E-state index in [9.17, 15) is 49.1 Å². The number of esters is 1. The molecule has 4 rings (SSSR count). The van der Waals surface area contributed by atoms with Gasteiger partial charge < -0.3 is 19.5 Å². The summed E-state index contributed by atoms with van der Waals surface area (Å²) in [6, 6.07) is 11.2. The molecule has 0 saturated heterocycles. The van der Waals surface area contributed by atoms with Crippen molar-refractivity contribution in [2.24, 2.45) is 0 Å². The van der Waals surface area contributed by atoms with Crippen LogP contribution in [0.25, 0.3) is 0 Å². The van der Waals surface area contributed by atoms with Crippen LogP contribution in [0.3, 0.4) is 0 Å². The zero-order valence-electron chi connectivity index (χ0n) is 26.7. The van der Waals surface area contributed by atoms with Crippen molar-refractivity contribution < 1.29 is 67.7 Å².